The van der Waals surface area contributed by atoms with Gasteiger partial charge in [0.25, 0.3) is 0 Å². The first kappa shape index (κ1) is 32.1. The van der Waals surface area contributed by atoms with E-state index in [1.807, 2.05) is 34.6 Å². The van der Waals surface area contributed by atoms with Crippen molar-refractivity contribution in [2.24, 2.45) is 23.5 Å². The zero-order valence-electron chi connectivity index (χ0n) is 23.4. The first-order chi connectivity index (χ1) is 17.2. The minimum Gasteiger partial charge on any atom is -0.459 e. The Morgan fingerprint density at radius 2 is 1.24 bits per heavy atom. The molecule has 37 heavy (non-hydrogen) atoms. The summed E-state index contributed by atoms with van der Waals surface area (Å²) in [6, 6.07) is 3.67. The van der Waals surface area contributed by atoms with Crippen LogP contribution < -0.4 is 15.2 Å². The van der Waals surface area contributed by atoms with E-state index >= 15 is 0 Å². The Hall–Kier alpha value is -2.94. The maximum Gasteiger partial charge on any atom is 0.323 e. The smallest absolute Gasteiger partial charge is 0.323 e. The second-order valence-corrected chi connectivity index (χ2v) is 10.3. The van der Waals surface area contributed by atoms with E-state index in [0.29, 0.717) is 12.0 Å². The van der Waals surface area contributed by atoms with E-state index in [1.54, 1.807) is 26.8 Å². The highest BCUT2D eigenvalue weighted by atomic mass is 16.6. The molecule has 0 bridgehead atoms. The van der Waals surface area contributed by atoms with E-state index in [1.165, 1.54) is 12.1 Å². The molecule has 0 aromatic heterocycles. The van der Waals surface area contributed by atoms with Crippen LogP contribution in [-0.2, 0) is 35.1 Å². The Morgan fingerprint density at radius 1 is 0.757 bits per heavy atom. The Balaban J connectivity index is 2.93. The Bertz CT molecular complexity index is 927. The number of carbonyl (C=O) groups is 4. The van der Waals surface area contributed by atoms with Crippen LogP contribution in [0.5, 0.6) is 11.5 Å². The van der Waals surface area contributed by atoms with Crippen LogP contribution in [0, 0.1) is 17.8 Å². The maximum atomic E-state index is 12.6. The van der Waals surface area contributed by atoms with Gasteiger partial charge in [0.15, 0.2) is 11.5 Å². The highest BCUT2D eigenvalue weighted by Gasteiger charge is 2.26. The lowest BCUT2D eigenvalue weighted by Gasteiger charge is -2.23. The van der Waals surface area contributed by atoms with Crippen molar-refractivity contribution in [1.29, 1.82) is 0 Å². The number of esters is 4. The fraction of sp³-hybridized carbons (Fsp3) is 0.643. The van der Waals surface area contributed by atoms with Crippen molar-refractivity contribution in [3.8, 4) is 11.5 Å². The molecular formula is C28H43NO8. The summed E-state index contributed by atoms with van der Waals surface area (Å²) in [5.74, 6) is -1.78. The monoisotopic (exact) mass is 521 g/mol. The number of hydrogen-bond acceptors (Lipinski definition) is 9. The molecule has 1 unspecified atom stereocenters. The van der Waals surface area contributed by atoms with Crippen LogP contribution in [0.2, 0.25) is 0 Å². The van der Waals surface area contributed by atoms with E-state index in [-0.39, 0.29) is 54.5 Å². The minimum atomic E-state index is -1.02. The SMILES string of the molecule is CCC(C)C(=O)O[C@@H](C)[C@H](C)OC(=O)[C@@H](N)Cc1ccc(OC(=O)CC(C)C)c(OC(=O)CC(C)C)c1. The average molecular weight is 522 g/mol. The summed E-state index contributed by atoms with van der Waals surface area (Å²) < 4.78 is 21.7. The van der Waals surface area contributed by atoms with Gasteiger partial charge in [-0.25, -0.2) is 0 Å². The number of rotatable bonds is 14. The molecule has 1 rings (SSSR count). The van der Waals surface area contributed by atoms with Gasteiger partial charge in [-0.2, -0.15) is 0 Å². The van der Waals surface area contributed by atoms with Gasteiger partial charge in [-0.1, -0.05) is 47.6 Å². The van der Waals surface area contributed by atoms with Crippen molar-refractivity contribution in [2.75, 3.05) is 0 Å². The summed E-state index contributed by atoms with van der Waals surface area (Å²) in [6.45, 7) is 14.5. The molecule has 2 N–H and O–H groups in total. The lowest BCUT2D eigenvalue weighted by Crippen LogP contribution is -2.40. The molecule has 0 amide bonds. The number of ether oxygens (including phenoxy) is 4. The molecule has 0 spiro atoms. The number of nitrogens with two attached hydrogens (primary N) is 1. The molecule has 1 aromatic rings. The van der Waals surface area contributed by atoms with Crippen molar-refractivity contribution in [3.05, 3.63) is 23.8 Å². The van der Waals surface area contributed by atoms with E-state index < -0.39 is 36.2 Å². The molecule has 0 saturated heterocycles. The molecule has 9 nitrogen and oxygen atoms in total. The van der Waals surface area contributed by atoms with Crippen molar-refractivity contribution in [1.82, 2.24) is 0 Å². The summed E-state index contributed by atoms with van der Waals surface area (Å²) in [5, 5.41) is 0. The fourth-order valence-electron chi connectivity index (χ4n) is 3.10. The number of carbonyl (C=O) groups excluding carboxylic acids is 4. The molecule has 0 aliphatic rings. The molecule has 0 radical (unpaired) electrons. The molecule has 208 valence electrons. The summed E-state index contributed by atoms with van der Waals surface area (Å²) in [4.78, 5) is 49.1. The summed E-state index contributed by atoms with van der Waals surface area (Å²) in [6.07, 6.45) is -0.198. The third-order valence-electron chi connectivity index (χ3n) is 5.64. The van der Waals surface area contributed by atoms with Gasteiger partial charge in [0.05, 0.1) is 5.92 Å². The first-order valence-electron chi connectivity index (χ1n) is 12.9. The van der Waals surface area contributed by atoms with Gasteiger partial charge in [0, 0.05) is 12.8 Å². The van der Waals surface area contributed by atoms with Crippen molar-refractivity contribution in [3.63, 3.8) is 0 Å². The molecule has 9 heteroatoms. The van der Waals surface area contributed by atoms with Gasteiger partial charge in [-0.15, -0.1) is 0 Å². The van der Waals surface area contributed by atoms with Gasteiger partial charge in [-0.05, 0) is 56.2 Å². The lowest BCUT2D eigenvalue weighted by atomic mass is 10.1. The topological polar surface area (TPSA) is 131 Å². The van der Waals surface area contributed by atoms with E-state index in [9.17, 15) is 19.2 Å². The molecule has 0 heterocycles. The van der Waals surface area contributed by atoms with Crippen LogP contribution >= 0.6 is 0 Å². The molecule has 0 aliphatic heterocycles. The fourth-order valence-corrected chi connectivity index (χ4v) is 3.10. The van der Waals surface area contributed by atoms with Crippen molar-refractivity contribution in [2.45, 2.75) is 99.3 Å². The van der Waals surface area contributed by atoms with E-state index in [2.05, 4.69) is 0 Å². The molecule has 0 aliphatic carbocycles. The van der Waals surface area contributed by atoms with Crippen LogP contribution in [0.1, 0.15) is 80.2 Å². The Labute approximate surface area is 220 Å². The lowest BCUT2D eigenvalue weighted by molar-refractivity contribution is -0.168. The van der Waals surface area contributed by atoms with E-state index in [4.69, 9.17) is 24.7 Å². The van der Waals surface area contributed by atoms with Crippen LogP contribution in [0.15, 0.2) is 18.2 Å². The normalized spacial score (nSPS) is 14.5. The maximum absolute atomic E-state index is 12.6. The molecule has 1 aromatic carbocycles. The van der Waals surface area contributed by atoms with E-state index in [0.717, 1.165) is 0 Å². The van der Waals surface area contributed by atoms with Crippen LogP contribution in [0.25, 0.3) is 0 Å². The van der Waals surface area contributed by atoms with Gasteiger partial charge in [0.2, 0.25) is 0 Å². The zero-order chi connectivity index (χ0) is 28.3. The summed E-state index contributed by atoms with van der Waals surface area (Å²) in [7, 11) is 0. The van der Waals surface area contributed by atoms with Crippen molar-refractivity contribution >= 4 is 23.9 Å². The molecule has 0 saturated carbocycles. The first-order valence-corrected chi connectivity index (χ1v) is 12.9. The van der Waals surface area contributed by atoms with Gasteiger partial charge >= 0.3 is 23.9 Å². The Morgan fingerprint density at radius 3 is 1.73 bits per heavy atom. The molecular weight excluding hydrogens is 478 g/mol. The van der Waals surface area contributed by atoms with Crippen LogP contribution in [-0.4, -0.2) is 42.1 Å². The average Bonchev–Trinajstić information content (AvgIpc) is 2.78. The minimum absolute atomic E-state index is 0.0830. The second kappa shape index (κ2) is 15.3. The number of benzene rings is 1. The van der Waals surface area contributed by atoms with Crippen molar-refractivity contribution < 1.29 is 38.1 Å². The standard InChI is InChI=1S/C28H43NO8/c1-9-18(6)27(32)34-19(7)20(8)35-28(33)22(29)14-21-10-11-23(36-25(30)12-16(2)3)24(15-21)37-26(31)13-17(4)5/h10-11,15-20,22H,9,12-14,29H2,1-8H3/t18?,19-,20-,22-/m0/s1. The molecule has 0 fully saturated rings. The summed E-state index contributed by atoms with van der Waals surface area (Å²) >= 11 is 0. The third-order valence-corrected chi connectivity index (χ3v) is 5.64. The number of hydrogen-bond donors (Lipinski definition) is 1. The van der Waals surface area contributed by atoms with Gasteiger partial charge < -0.3 is 24.7 Å². The second-order valence-electron chi connectivity index (χ2n) is 10.3. The Kier molecular flexibility index (Phi) is 13.3. The van der Waals surface area contributed by atoms with Crippen LogP contribution in [0.4, 0.5) is 0 Å². The summed E-state index contributed by atoms with van der Waals surface area (Å²) in [5.41, 5.74) is 6.67. The third kappa shape index (κ3) is 11.8. The predicted molar refractivity (Wildman–Crippen MR) is 139 cm³/mol. The highest BCUT2D eigenvalue weighted by Crippen LogP contribution is 2.30. The predicted octanol–water partition coefficient (Wildman–Crippen LogP) is 4.37. The highest BCUT2D eigenvalue weighted by molar-refractivity contribution is 5.78. The largest absolute Gasteiger partial charge is 0.459 e. The van der Waals surface area contributed by atoms with Crippen LogP contribution in [0.3, 0.4) is 0 Å². The molecule has 4 atom stereocenters. The van der Waals surface area contributed by atoms with Gasteiger partial charge in [-0.3, -0.25) is 19.2 Å². The zero-order valence-corrected chi connectivity index (χ0v) is 23.4. The quantitative estimate of drug-likeness (QED) is 0.280. The van der Waals surface area contributed by atoms with Gasteiger partial charge in [0.1, 0.15) is 18.2 Å².